The van der Waals surface area contributed by atoms with Crippen molar-refractivity contribution in [2.24, 2.45) is 0 Å². The Morgan fingerprint density at radius 3 is 2.61 bits per heavy atom. The second-order valence-corrected chi connectivity index (χ2v) is 5.38. The first-order valence-corrected chi connectivity index (χ1v) is 7.01. The number of hydroxylamine groups is 2. The van der Waals surface area contributed by atoms with Crippen LogP contribution < -0.4 is 4.74 Å². The van der Waals surface area contributed by atoms with Crippen LogP contribution in [-0.2, 0) is 9.63 Å². The van der Waals surface area contributed by atoms with Crippen LogP contribution in [0.15, 0.2) is 27.1 Å². The summed E-state index contributed by atoms with van der Waals surface area (Å²) >= 11 is 6.76. The van der Waals surface area contributed by atoms with E-state index in [2.05, 4.69) is 31.9 Å². The van der Waals surface area contributed by atoms with Crippen molar-refractivity contribution in [3.63, 3.8) is 0 Å². The van der Waals surface area contributed by atoms with E-state index in [-0.39, 0.29) is 5.91 Å². The predicted molar refractivity (Wildman–Crippen MR) is 76.3 cm³/mol. The average molecular weight is 381 g/mol. The zero-order chi connectivity index (χ0) is 13.7. The van der Waals surface area contributed by atoms with Gasteiger partial charge in [0.1, 0.15) is 5.75 Å². The van der Waals surface area contributed by atoms with E-state index in [1.165, 1.54) is 12.2 Å². The van der Waals surface area contributed by atoms with E-state index in [1.807, 2.05) is 19.1 Å². The number of nitrogens with zero attached hydrogens (tertiary/aromatic N) is 1. The monoisotopic (exact) mass is 379 g/mol. The summed E-state index contributed by atoms with van der Waals surface area (Å²) in [7, 11) is 3.01. The van der Waals surface area contributed by atoms with Crippen LogP contribution in [0.25, 0.3) is 0 Å². The first-order valence-electron chi connectivity index (χ1n) is 5.43. The van der Waals surface area contributed by atoms with Crippen LogP contribution in [0.5, 0.6) is 5.75 Å². The fourth-order valence-corrected chi connectivity index (χ4v) is 2.47. The molecule has 1 aromatic rings. The van der Waals surface area contributed by atoms with Crippen molar-refractivity contribution >= 4 is 37.8 Å². The molecule has 0 spiro atoms. The van der Waals surface area contributed by atoms with Crippen LogP contribution >= 0.6 is 31.9 Å². The van der Waals surface area contributed by atoms with Crippen molar-refractivity contribution in [2.75, 3.05) is 14.2 Å². The number of hydrogen-bond acceptors (Lipinski definition) is 3. The molecule has 0 saturated carbocycles. The highest BCUT2D eigenvalue weighted by Crippen LogP contribution is 2.29. The van der Waals surface area contributed by atoms with Gasteiger partial charge in [-0.2, -0.15) is 0 Å². The standard InChI is InChI=1S/C12H15Br2NO3/c1-4-10(12(16)15(2)17-3)18-11-6-5-8(13)7-9(11)14/h5-7,10H,4H2,1-3H3. The lowest BCUT2D eigenvalue weighted by Crippen LogP contribution is -2.38. The van der Waals surface area contributed by atoms with Crippen LogP contribution in [0.3, 0.4) is 0 Å². The Balaban J connectivity index is 2.83. The smallest absolute Gasteiger partial charge is 0.286 e. The number of likely N-dealkylation sites (N-methyl/N-ethyl adjacent to an activating group) is 1. The number of benzene rings is 1. The molecule has 0 aliphatic rings. The summed E-state index contributed by atoms with van der Waals surface area (Å²) in [4.78, 5) is 16.8. The Labute approximate surface area is 123 Å². The van der Waals surface area contributed by atoms with Gasteiger partial charge in [0.25, 0.3) is 5.91 Å². The van der Waals surface area contributed by atoms with E-state index in [9.17, 15) is 4.79 Å². The van der Waals surface area contributed by atoms with Gasteiger partial charge in [0.05, 0.1) is 11.6 Å². The third-order valence-electron chi connectivity index (χ3n) is 2.39. The van der Waals surface area contributed by atoms with Gasteiger partial charge in [0, 0.05) is 11.5 Å². The summed E-state index contributed by atoms with van der Waals surface area (Å²) in [5.41, 5.74) is 0. The fourth-order valence-electron chi connectivity index (χ4n) is 1.33. The lowest BCUT2D eigenvalue weighted by Gasteiger charge is -2.22. The first-order chi connectivity index (χ1) is 8.49. The Hall–Kier alpha value is -0.590. The molecule has 1 amide bonds. The number of carbonyl (C=O) groups excluding carboxylic acids is 1. The van der Waals surface area contributed by atoms with Crippen molar-refractivity contribution in [2.45, 2.75) is 19.4 Å². The van der Waals surface area contributed by atoms with Crippen molar-refractivity contribution in [1.29, 1.82) is 0 Å². The fraction of sp³-hybridized carbons (Fsp3) is 0.417. The molecule has 0 fully saturated rings. The molecular formula is C12H15Br2NO3. The maximum Gasteiger partial charge on any atom is 0.286 e. The third-order valence-corrected chi connectivity index (χ3v) is 3.51. The Morgan fingerprint density at radius 2 is 2.11 bits per heavy atom. The molecule has 0 saturated heterocycles. The molecule has 0 radical (unpaired) electrons. The number of halogens is 2. The van der Waals surface area contributed by atoms with E-state index in [4.69, 9.17) is 9.57 Å². The highest BCUT2D eigenvalue weighted by Gasteiger charge is 2.23. The second-order valence-electron chi connectivity index (χ2n) is 3.61. The number of ether oxygens (including phenoxy) is 1. The van der Waals surface area contributed by atoms with Gasteiger partial charge in [0.15, 0.2) is 6.10 Å². The number of carbonyl (C=O) groups is 1. The van der Waals surface area contributed by atoms with E-state index >= 15 is 0 Å². The lowest BCUT2D eigenvalue weighted by molar-refractivity contribution is -0.176. The van der Waals surface area contributed by atoms with Gasteiger partial charge in [-0.1, -0.05) is 22.9 Å². The molecule has 1 unspecified atom stereocenters. The van der Waals surface area contributed by atoms with Gasteiger partial charge in [-0.25, -0.2) is 5.06 Å². The van der Waals surface area contributed by atoms with Gasteiger partial charge >= 0.3 is 0 Å². The molecule has 18 heavy (non-hydrogen) atoms. The summed E-state index contributed by atoms with van der Waals surface area (Å²) in [6.45, 7) is 1.89. The van der Waals surface area contributed by atoms with E-state index in [0.29, 0.717) is 12.2 Å². The second kappa shape index (κ2) is 7.11. The molecule has 0 N–H and O–H groups in total. The zero-order valence-electron chi connectivity index (χ0n) is 10.4. The molecule has 6 heteroatoms. The highest BCUT2D eigenvalue weighted by molar-refractivity contribution is 9.11. The molecule has 1 aromatic carbocycles. The van der Waals surface area contributed by atoms with Crippen molar-refractivity contribution in [3.05, 3.63) is 27.1 Å². The minimum absolute atomic E-state index is 0.213. The SMILES string of the molecule is CCC(Oc1ccc(Br)cc1Br)C(=O)N(C)OC. The van der Waals surface area contributed by atoms with E-state index < -0.39 is 6.10 Å². The van der Waals surface area contributed by atoms with Gasteiger partial charge in [-0.15, -0.1) is 0 Å². The van der Waals surface area contributed by atoms with E-state index in [0.717, 1.165) is 8.95 Å². The van der Waals surface area contributed by atoms with Gasteiger partial charge in [-0.05, 0) is 40.5 Å². The Kier molecular flexibility index (Phi) is 6.11. The van der Waals surface area contributed by atoms with Crippen molar-refractivity contribution in [3.8, 4) is 5.75 Å². The summed E-state index contributed by atoms with van der Waals surface area (Å²) in [6.07, 6.45) is 0.00195. The maximum atomic E-state index is 11.9. The highest BCUT2D eigenvalue weighted by atomic mass is 79.9. The predicted octanol–water partition coefficient (Wildman–Crippen LogP) is 3.39. The molecule has 0 heterocycles. The lowest BCUT2D eigenvalue weighted by atomic mass is 10.2. The molecule has 0 aliphatic carbocycles. The first kappa shape index (κ1) is 15.5. The summed E-state index contributed by atoms with van der Waals surface area (Å²) in [5, 5.41) is 1.17. The molecule has 0 bridgehead atoms. The minimum atomic E-state index is -0.563. The summed E-state index contributed by atoms with van der Waals surface area (Å²) in [5.74, 6) is 0.415. The summed E-state index contributed by atoms with van der Waals surface area (Å²) < 4.78 is 7.43. The molecular weight excluding hydrogens is 366 g/mol. The molecule has 100 valence electrons. The van der Waals surface area contributed by atoms with Crippen LogP contribution in [0.4, 0.5) is 0 Å². The normalized spacial score (nSPS) is 12.1. The third kappa shape index (κ3) is 3.96. The molecule has 0 aromatic heterocycles. The van der Waals surface area contributed by atoms with Gasteiger partial charge in [0.2, 0.25) is 0 Å². The van der Waals surface area contributed by atoms with Crippen LogP contribution in [0.1, 0.15) is 13.3 Å². The van der Waals surface area contributed by atoms with Gasteiger partial charge in [-0.3, -0.25) is 9.63 Å². The quantitative estimate of drug-likeness (QED) is 0.735. The molecule has 1 atom stereocenters. The van der Waals surface area contributed by atoms with Crippen LogP contribution in [0.2, 0.25) is 0 Å². The van der Waals surface area contributed by atoms with Crippen molar-refractivity contribution in [1.82, 2.24) is 5.06 Å². The average Bonchev–Trinajstić information content (AvgIpc) is 2.36. The number of amides is 1. The number of rotatable bonds is 5. The minimum Gasteiger partial charge on any atom is -0.479 e. The topological polar surface area (TPSA) is 38.8 Å². The van der Waals surface area contributed by atoms with Gasteiger partial charge < -0.3 is 4.74 Å². The van der Waals surface area contributed by atoms with Crippen LogP contribution in [0, 0.1) is 0 Å². The Morgan fingerprint density at radius 1 is 1.44 bits per heavy atom. The summed E-state index contributed by atoms with van der Waals surface area (Å²) in [6, 6.07) is 5.53. The molecule has 0 aliphatic heterocycles. The molecule has 4 nitrogen and oxygen atoms in total. The van der Waals surface area contributed by atoms with Crippen LogP contribution in [-0.4, -0.2) is 31.2 Å². The maximum absolute atomic E-state index is 11.9. The van der Waals surface area contributed by atoms with Crippen molar-refractivity contribution < 1.29 is 14.4 Å². The number of hydrogen-bond donors (Lipinski definition) is 0. The Bertz CT molecular complexity index is 426. The largest absolute Gasteiger partial charge is 0.479 e. The molecule has 1 rings (SSSR count). The zero-order valence-corrected chi connectivity index (χ0v) is 13.6. The van der Waals surface area contributed by atoms with E-state index in [1.54, 1.807) is 13.1 Å².